The molecule has 1 aliphatic rings. The van der Waals surface area contributed by atoms with Crippen LogP contribution in [0.3, 0.4) is 0 Å². The van der Waals surface area contributed by atoms with Crippen molar-refractivity contribution < 1.29 is 4.79 Å². The van der Waals surface area contributed by atoms with Gasteiger partial charge < -0.3 is 10.2 Å². The lowest BCUT2D eigenvalue weighted by Gasteiger charge is -2.32. The number of aryl methyl sites for hydroxylation is 1. The van der Waals surface area contributed by atoms with Crippen molar-refractivity contribution in [2.45, 2.75) is 71.8 Å². The van der Waals surface area contributed by atoms with Gasteiger partial charge in [-0.2, -0.15) is 0 Å². The number of likely N-dealkylation sites (tertiary alicyclic amines) is 1. The topological polar surface area (TPSA) is 58.1 Å². The van der Waals surface area contributed by atoms with Crippen LogP contribution >= 0.6 is 0 Å². The Hall–Kier alpha value is -1.65. The number of nitrogens with zero attached hydrogens (tertiary/aromatic N) is 3. The van der Waals surface area contributed by atoms with Gasteiger partial charge in [0.25, 0.3) is 0 Å². The molecule has 0 aromatic carbocycles. The smallest absolute Gasteiger partial charge is 0.317 e. The fraction of sp³-hybridized carbons (Fsp3) is 0.737. The summed E-state index contributed by atoms with van der Waals surface area (Å²) in [6.07, 6.45) is 7.24. The first-order chi connectivity index (χ1) is 11.5. The Morgan fingerprint density at radius 3 is 2.62 bits per heavy atom. The molecular formula is C19H32N4O. The van der Waals surface area contributed by atoms with Gasteiger partial charge in [-0.05, 0) is 45.1 Å². The lowest BCUT2D eigenvalue weighted by Crippen LogP contribution is -2.47. The van der Waals surface area contributed by atoms with Crippen molar-refractivity contribution in [3.63, 3.8) is 0 Å². The van der Waals surface area contributed by atoms with Gasteiger partial charge in [0, 0.05) is 36.9 Å². The van der Waals surface area contributed by atoms with Crippen molar-refractivity contribution in [1.29, 1.82) is 0 Å². The molecule has 5 nitrogen and oxygen atoms in total. The first-order valence-corrected chi connectivity index (χ1v) is 9.30. The monoisotopic (exact) mass is 332 g/mol. The molecule has 1 aromatic rings. The maximum absolute atomic E-state index is 12.4. The number of hydrogen-bond donors (Lipinski definition) is 1. The maximum atomic E-state index is 12.4. The van der Waals surface area contributed by atoms with Crippen molar-refractivity contribution in [1.82, 2.24) is 20.2 Å². The highest BCUT2D eigenvalue weighted by Crippen LogP contribution is 2.26. The van der Waals surface area contributed by atoms with E-state index in [0.717, 1.165) is 49.8 Å². The van der Waals surface area contributed by atoms with Crippen LogP contribution in [0.4, 0.5) is 4.79 Å². The third-order valence-corrected chi connectivity index (χ3v) is 4.79. The van der Waals surface area contributed by atoms with Gasteiger partial charge in [-0.1, -0.05) is 26.7 Å². The van der Waals surface area contributed by atoms with E-state index in [1.807, 2.05) is 24.1 Å². The van der Waals surface area contributed by atoms with Crippen LogP contribution < -0.4 is 5.32 Å². The summed E-state index contributed by atoms with van der Waals surface area (Å²) in [5.41, 5.74) is 1.12. The third kappa shape index (κ3) is 5.77. The predicted molar refractivity (Wildman–Crippen MR) is 97.0 cm³/mol. The average Bonchev–Trinajstić information content (AvgIpc) is 2.54. The highest BCUT2D eigenvalue weighted by molar-refractivity contribution is 5.74. The lowest BCUT2D eigenvalue weighted by atomic mass is 9.93. The van der Waals surface area contributed by atoms with Gasteiger partial charge >= 0.3 is 6.03 Å². The van der Waals surface area contributed by atoms with Crippen LogP contribution in [0.25, 0.3) is 0 Å². The van der Waals surface area contributed by atoms with Gasteiger partial charge in [0.05, 0.1) is 0 Å². The first kappa shape index (κ1) is 18.7. The second-order valence-electron chi connectivity index (χ2n) is 7.47. The number of aromatic nitrogens is 2. The molecule has 1 aliphatic heterocycles. The van der Waals surface area contributed by atoms with Crippen LogP contribution in [-0.4, -0.2) is 40.0 Å². The van der Waals surface area contributed by atoms with E-state index in [1.165, 1.54) is 12.8 Å². The largest absolute Gasteiger partial charge is 0.336 e. The molecule has 24 heavy (non-hydrogen) atoms. The Labute approximate surface area is 146 Å². The first-order valence-electron chi connectivity index (χ1n) is 9.30. The van der Waals surface area contributed by atoms with E-state index in [9.17, 15) is 4.79 Å². The molecular weight excluding hydrogens is 300 g/mol. The summed E-state index contributed by atoms with van der Waals surface area (Å²) in [6, 6.07) is 2.34. The van der Waals surface area contributed by atoms with E-state index in [-0.39, 0.29) is 12.1 Å². The molecule has 1 aromatic heterocycles. The molecule has 2 rings (SSSR count). The number of amides is 2. The van der Waals surface area contributed by atoms with Crippen LogP contribution in [0.15, 0.2) is 12.3 Å². The fourth-order valence-corrected chi connectivity index (χ4v) is 3.29. The van der Waals surface area contributed by atoms with E-state index >= 15 is 0 Å². The number of nitrogens with one attached hydrogen (secondary N) is 1. The molecule has 1 atom stereocenters. The molecule has 1 saturated heterocycles. The van der Waals surface area contributed by atoms with E-state index < -0.39 is 0 Å². The lowest BCUT2D eigenvalue weighted by molar-refractivity contribution is 0.177. The molecule has 0 unspecified atom stereocenters. The zero-order chi connectivity index (χ0) is 17.5. The van der Waals surface area contributed by atoms with Gasteiger partial charge in [0.15, 0.2) is 0 Å². The minimum absolute atomic E-state index is 0.0874. The molecule has 0 saturated carbocycles. The van der Waals surface area contributed by atoms with E-state index in [2.05, 4.69) is 36.1 Å². The zero-order valence-corrected chi connectivity index (χ0v) is 15.6. The van der Waals surface area contributed by atoms with Crippen LogP contribution in [0.5, 0.6) is 0 Å². The van der Waals surface area contributed by atoms with Crippen LogP contribution in [0, 0.1) is 12.8 Å². The summed E-state index contributed by atoms with van der Waals surface area (Å²) in [7, 11) is 0. The number of carbonyl (C=O) groups excluding carboxylic acids is 1. The Bertz CT molecular complexity index is 524. The summed E-state index contributed by atoms with van der Waals surface area (Å²) < 4.78 is 0. The molecule has 2 amide bonds. The number of hydrogen-bond acceptors (Lipinski definition) is 3. The predicted octanol–water partition coefficient (Wildman–Crippen LogP) is 3.89. The molecule has 134 valence electrons. The quantitative estimate of drug-likeness (QED) is 0.860. The number of urea groups is 1. The number of piperidine rings is 1. The maximum Gasteiger partial charge on any atom is 0.317 e. The Balaban J connectivity index is 1.74. The van der Waals surface area contributed by atoms with Crippen molar-refractivity contribution >= 4 is 6.03 Å². The normalized spacial score (nSPS) is 17.1. The van der Waals surface area contributed by atoms with Gasteiger partial charge in [-0.25, -0.2) is 14.8 Å². The highest BCUT2D eigenvalue weighted by atomic mass is 16.2. The van der Waals surface area contributed by atoms with Crippen LogP contribution in [-0.2, 0) is 0 Å². The van der Waals surface area contributed by atoms with Crippen molar-refractivity contribution in [2.24, 2.45) is 5.92 Å². The minimum atomic E-state index is 0.0874. The zero-order valence-electron chi connectivity index (χ0n) is 15.6. The summed E-state index contributed by atoms with van der Waals surface area (Å²) in [6.45, 7) is 10.1. The van der Waals surface area contributed by atoms with Crippen LogP contribution in [0.1, 0.15) is 70.3 Å². The minimum Gasteiger partial charge on any atom is -0.336 e. The molecule has 1 N–H and O–H groups in total. The summed E-state index contributed by atoms with van der Waals surface area (Å²) in [5, 5.41) is 3.15. The van der Waals surface area contributed by atoms with E-state index in [0.29, 0.717) is 5.92 Å². The molecule has 0 spiro atoms. The second-order valence-corrected chi connectivity index (χ2v) is 7.47. The molecule has 5 heteroatoms. The number of carbonyl (C=O) groups is 1. The van der Waals surface area contributed by atoms with Crippen LogP contribution in [0.2, 0.25) is 0 Å². The standard InChI is InChI=1S/C19H32N4O/c1-14(2)6-5-7-15(3)21-19(24)23-12-9-17(10-13-23)18-8-11-20-16(4)22-18/h8,11,14-15,17H,5-7,9-10,12-13H2,1-4H3,(H,21,24)/t15-/m0/s1. The van der Waals surface area contributed by atoms with E-state index in [4.69, 9.17) is 0 Å². The Morgan fingerprint density at radius 2 is 2.00 bits per heavy atom. The average molecular weight is 332 g/mol. The van der Waals surface area contributed by atoms with Crippen molar-refractivity contribution in [3.05, 3.63) is 23.8 Å². The summed E-state index contributed by atoms with van der Waals surface area (Å²) in [5.74, 6) is 2.00. The van der Waals surface area contributed by atoms with Gasteiger partial charge in [-0.3, -0.25) is 0 Å². The summed E-state index contributed by atoms with van der Waals surface area (Å²) in [4.78, 5) is 23.0. The van der Waals surface area contributed by atoms with Gasteiger partial charge in [0.2, 0.25) is 0 Å². The van der Waals surface area contributed by atoms with E-state index in [1.54, 1.807) is 0 Å². The Kier molecular flexibility index (Phi) is 7.00. The highest BCUT2D eigenvalue weighted by Gasteiger charge is 2.25. The van der Waals surface area contributed by atoms with Crippen molar-refractivity contribution in [3.8, 4) is 0 Å². The Morgan fingerprint density at radius 1 is 1.29 bits per heavy atom. The summed E-state index contributed by atoms with van der Waals surface area (Å²) >= 11 is 0. The van der Waals surface area contributed by atoms with Gasteiger partial charge in [-0.15, -0.1) is 0 Å². The number of rotatable bonds is 6. The molecule has 1 fully saturated rings. The molecule has 2 heterocycles. The van der Waals surface area contributed by atoms with Gasteiger partial charge in [0.1, 0.15) is 5.82 Å². The molecule has 0 aliphatic carbocycles. The molecule has 0 bridgehead atoms. The SMILES string of the molecule is Cc1nccc(C2CCN(C(=O)N[C@@H](C)CCCC(C)C)CC2)n1. The third-order valence-electron chi connectivity index (χ3n) is 4.79. The molecule has 0 radical (unpaired) electrons. The van der Waals surface area contributed by atoms with Crippen molar-refractivity contribution in [2.75, 3.05) is 13.1 Å². The fourth-order valence-electron chi connectivity index (χ4n) is 3.29. The second kappa shape index (κ2) is 9.00.